The van der Waals surface area contributed by atoms with Crippen LogP contribution in [0.2, 0.25) is 0 Å². The Morgan fingerprint density at radius 2 is 1.95 bits per heavy atom. The fourth-order valence-electron chi connectivity index (χ4n) is 1.83. The second-order valence-corrected chi connectivity index (χ2v) is 8.38. The van der Waals surface area contributed by atoms with E-state index in [-0.39, 0.29) is 6.04 Å². The lowest BCUT2D eigenvalue weighted by molar-refractivity contribution is 0.489. The molecule has 1 atom stereocenters. The van der Waals surface area contributed by atoms with Crippen molar-refractivity contribution >= 4 is 21.4 Å². The van der Waals surface area contributed by atoms with Gasteiger partial charge < -0.3 is 5.73 Å². The number of rotatable bonds is 8. The van der Waals surface area contributed by atoms with Gasteiger partial charge in [0, 0.05) is 17.5 Å². The molecule has 110 valence electrons. The number of hydrogen-bond donors (Lipinski definition) is 2. The van der Waals surface area contributed by atoms with Gasteiger partial charge >= 0.3 is 0 Å². The Hall–Kier alpha value is -0.430. The molecule has 1 aromatic heterocycles. The molecule has 0 aliphatic heterocycles. The Morgan fingerprint density at radius 3 is 2.47 bits per heavy atom. The molecule has 1 rings (SSSR count). The molecule has 0 aliphatic rings. The lowest BCUT2D eigenvalue weighted by Gasteiger charge is -2.13. The van der Waals surface area contributed by atoms with Crippen molar-refractivity contribution in [1.82, 2.24) is 4.72 Å². The molecule has 6 heteroatoms. The fourth-order valence-corrected chi connectivity index (χ4v) is 4.36. The Balaban J connectivity index is 2.54. The van der Waals surface area contributed by atoms with Crippen LogP contribution in [0.25, 0.3) is 0 Å². The highest BCUT2D eigenvalue weighted by molar-refractivity contribution is 7.91. The van der Waals surface area contributed by atoms with Crippen LogP contribution in [-0.2, 0) is 16.6 Å². The summed E-state index contributed by atoms with van der Waals surface area (Å²) in [6, 6.07) is 3.35. The zero-order chi connectivity index (χ0) is 14.5. The number of hydrogen-bond acceptors (Lipinski definition) is 4. The van der Waals surface area contributed by atoms with Gasteiger partial charge in [0.05, 0.1) is 0 Å². The molecule has 0 radical (unpaired) electrons. The zero-order valence-electron chi connectivity index (χ0n) is 11.8. The molecule has 0 saturated carbocycles. The second-order valence-electron chi connectivity index (χ2n) is 5.27. The van der Waals surface area contributed by atoms with Gasteiger partial charge in [0.25, 0.3) is 0 Å². The molecule has 1 aromatic rings. The molecule has 1 unspecified atom stereocenters. The zero-order valence-corrected chi connectivity index (χ0v) is 13.5. The van der Waals surface area contributed by atoms with E-state index in [1.54, 1.807) is 12.1 Å². The normalized spacial score (nSPS) is 13.9. The minimum atomic E-state index is -3.39. The number of thiophene rings is 1. The van der Waals surface area contributed by atoms with Gasteiger partial charge in [-0.1, -0.05) is 26.7 Å². The predicted octanol–water partition coefficient (Wildman–Crippen LogP) is 2.70. The lowest BCUT2D eigenvalue weighted by Crippen LogP contribution is -2.32. The number of nitrogens with two attached hydrogens (primary N) is 1. The molecular weight excluding hydrogens is 280 g/mol. The summed E-state index contributed by atoms with van der Waals surface area (Å²) in [6.45, 7) is 6.64. The van der Waals surface area contributed by atoms with Crippen LogP contribution in [0.4, 0.5) is 0 Å². The maximum atomic E-state index is 12.1. The van der Waals surface area contributed by atoms with Crippen molar-refractivity contribution in [2.45, 2.75) is 56.8 Å². The van der Waals surface area contributed by atoms with Gasteiger partial charge in [-0.2, -0.15) is 0 Å². The molecule has 3 N–H and O–H groups in total. The quantitative estimate of drug-likeness (QED) is 0.775. The van der Waals surface area contributed by atoms with Crippen LogP contribution in [0.15, 0.2) is 16.3 Å². The fraction of sp³-hybridized carbons (Fsp3) is 0.692. The molecule has 0 amide bonds. The summed E-state index contributed by atoms with van der Waals surface area (Å²) >= 11 is 1.24. The summed E-state index contributed by atoms with van der Waals surface area (Å²) < 4.78 is 27.3. The summed E-state index contributed by atoms with van der Waals surface area (Å²) in [5.41, 5.74) is 5.50. The van der Waals surface area contributed by atoms with Crippen LogP contribution in [-0.4, -0.2) is 14.5 Å². The topological polar surface area (TPSA) is 72.2 Å². The van der Waals surface area contributed by atoms with E-state index in [2.05, 4.69) is 18.6 Å². The van der Waals surface area contributed by atoms with E-state index in [1.165, 1.54) is 11.3 Å². The van der Waals surface area contributed by atoms with Crippen molar-refractivity contribution in [2.75, 3.05) is 0 Å². The average Bonchev–Trinajstić information content (AvgIpc) is 2.76. The van der Waals surface area contributed by atoms with Crippen molar-refractivity contribution in [2.24, 2.45) is 11.7 Å². The van der Waals surface area contributed by atoms with Crippen molar-refractivity contribution in [3.8, 4) is 0 Å². The van der Waals surface area contributed by atoms with E-state index >= 15 is 0 Å². The van der Waals surface area contributed by atoms with Crippen molar-refractivity contribution in [1.29, 1.82) is 0 Å². The van der Waals surface area contributed by atoms with E-state index < -0.39 is 10.0 Å². The summed E-state index contributed by atoms with van der Waals surface area (Å²) in [5, 5.41) is 0. The predicted molar refractivity (Wildman–Crippen MR) is 80.7 cm³/mol. The van der Waals surface area contributed by atoms with Gasteiger partial charge in [-0.05, 0) is 31.4 Å². The molecule has 1 heterocycles. The summed E-state index contributed by atoms with van der Waals surface area (Å²) in [6.07, 6.45) is 3.04. The van der Waals surface area contributed by atoms with Crippen LogP contribution in [0, 0.1) is 5.92 Å². The molecule has 0 bridgehead atoms. The Bertz CT molecular complexity index is 481. The van der Waals surface area contributed by atoms with Gasteiger partial charge in [-0.3, -0.25) is 0 Å². The third-order valence-corrected chi connectivity index (χ3v) is 6.07. The summed E-state index contributed by atoms with van der Waals surface area (Å²) in [7, 11) is -3.39. The minimum absolute atomic E-state index is 0.0350. The molecule has 0 spiro atoms. The van der Waals surface area contributed by atoms with Gasteiger partial charge in [-0.25, -0.2) is 13.1 Å². The number of nitrogens with one attached hydrogen (secondary N) is 1. The Morgan fingerprint density at radius 1 is 1.26 bits per heavy atom. The Labute approximate surface area is 120 Å². The molecule has 0 fully saturated rings. The van der Waals surface area contributed by atoms with Crippen LogP contribution in [0.3, 0.4) is 0 Å². The van der Waals surface area contributed by atoms with E-state index in [9.17, 15) is 8.42 Å². The van der Waals surface area contributed by atoms with Crippen molar-refractivity contribution in [3.63, 3.8) is 0 Å². The van der Waals surface area contributed by atoms with E-state index in [0.717, 1.165) is 24.1 Å². The van der Waals surface area contributed by atoms with Gasteiger partial charge in [-0.15, -0.1) is 11.3 Å². The van der Waals surface area contributed by atoms with Crippen LogP contribution in [0.5, 0.6) is 0 Å². The van der Waals surface area contributed by atoms with Crippen molar-refractivity contribution < 1.29 is 8.42 Å². The average molecular weight is 304 g/mol. The first kappa shape index (κ1) is 16.6. The largest absolute Gasteiger partial charge is 0.326 e. The van der Waals surface area contributed by atoms with Crippen molar-refractivity contribution in [3.05, 3.63) is 17.0 Å². The molecule has 0 aliphatic carbocycles. The van der Waals surface area contributed by atoms with Crippen LogP contribution < -0.4 is 10.5 Å². The third kappa shape index (κ3) is 5.60. The van der Waals surface area contributed by atoms with E-state index in [1.807, 2.05) is 6.92 Å². The molecular formula is C13H24N2O2S2. The van der Waals surface area contributed by atoms with E-state index in [4.69, 9.17) is 5.73 Å². The first-order valence-corrected chi connectivity index (χ1v) is 8.96. The summed E-state index contributed by atoms with van der Waals surface area (Å²) in [4.78, 5) is 0.882. The smallest absolute Gasteiger partial charge is 0.250 e. The highest BCUT2D eigenvalue weighted by atomic mass is 32.2. The maximum Gasteiger partial charge on any atom is 0.250 e. The first-order valence-electron chi connectivity index (χ1n) is 6.66. The molecule has 0 saturated heterocycles. The molecule has 0 aromatic carbocycles. The van der Waals surface area contributed by atoms with Gasteiger partial charge in [0.15, 0.2) is 0 Å². The van der Waals surface area contributed by atoms with Crippen LogP contribution >= 0.6 is 11.3 Å². The minimum Gasteiger partial charge on any atom is -0.326 e. The van der Waals surface area contributed by atoms with E-state index in [0.29, 0.717) is 16.7 Å². The van der Waals surface area contributed by atoms with Gasteiger partial charge in [0.2, 0.25) is 10.0 Å². The maximum absolute atomic E-state index is 12.1. The Kier molecular flexibility index (Phi) is 6.46. The van der Waals surface area contributed by atoms with Gasteiger partial charge in [0.1, 0.15) is 4.21 Å². The standard InChI is InChI=1S/C13H24N2O2S2/c1-10(2)5-4-6-11(3)15-19(16,17)13-8-7-12(9-14)18-13/h7-8,10-11,15H,4-6,9,14H2,1-3H3. The monoisotopic (exact) mass is 304 g/mol. The lowest BCUT2D eigenvalue weighted by atomic mass is 10.0. The molecule has 4 nitrogen and oxygen atoms in total. The third-order valence-electron chi connectivity index (χ3n) is 2.88. The van der Waals surface area contributed by atoms with Crippen LogP contribution in [0.1, 0.15) is 44.9 Å². The SMILES string of the molecule is CC(C)CCCC(C)NS(=O)(=O)c1ccc(CN)s1. The number of sulfonamides is 1. The molecule has 19 heavy (non-hydrogen) atoms. The first-order chi connectivity index (χ1) is 8.85. The highest BCUT2D eigenvalue weighted by Gasteiger charge is 2.19. The second kappa shape index (κ2) is 7.38. The highest BCUT2D eigenvalue weighted by Crippen LogP contribution is 2.21. The summed E-state index contributed by atoms with van der Waals surface area (Å²) in [5.74, 6) is 0.660.